The predicted octanol–water partition coefficient (Wildman–Crippen LogP) is -1.41. The zero-order valence-electron chi connectivity index (χ0n) is 43.5. The van der Waals surface area contributed by atoms with Crippen LogP contribution in [0.2, 0.25) is 0 Å². The normalized spacial score (nSPS) is 52.3. The van der Waals surface area contributed by atoms with Crippen LogP contribution in [0.3, 0.4) is 0 Å². The van der Waals surface area contributed by atoms with Gasteiger partial charge in [-0.1, -0.05) is 32.4 Å². The summed E-state index contributed by atoms with van der Waals surface area (Å²) in [6, 6.07) is 0. The van der Waals surface area contributed by atoms with E-state index in [0.717, 1.165) is 37.9 Å². The van der Waals surface area contributed by atoms with Crippen LogP contribution in [0.1, 0.15) is 92.9 Å². The molecule has 424 valence electrons. The van der Waals surface area contributed by atoms with Crippen molar-refractivity contribution in [1.29, 1.82) is 0 Å². The van der Waals surface area contributed by atoms with E-state index in [1.165, 1.54) is 25.0 Å². The van der Waals surface area contributed by atoms with Gasteiger partial charge in [0.25, 0.3) is 0 Å². The molecule has 4 saturated heterocycles. The highest BCUT2D eigenvalue weighted by Crippen LogP contribution is 2.69. The van der Waals surface area contributed by atoms with E-state index in [2.05, 4.69) is 26.8 Å². The van der Waals surface area contributed by atoms with Gasteiger partial charge in [0.15, 0.2) is 25.2 Å². The van der Waals surface area contributed by atoms with Gasteiger partial charge >= 0.3 is 0 Å². The highest BCUT2D eigenvalue weighted by molar-refractivity contribution is 5.31. The van der Waals surface area contributed by atoms with Crippen LogP contribution >= 0.6 is 0 Å². The standard InChI is InChI=1S/C52H84O22/c1-20(19-66-47-40(61)39(60)36(57)31(17-53)71-47)14-30(65-7)44-21(2)33-29(70-44)16-28-26-9-8-24-15-25(10-12-51(24,5)27(26)11-13-52(28,33)6)69-50-46(74-49-42(63)38(59)35(56)23(4)68-49)43(64)45(32(18-54)72-50)73-48-41(62)37(58)34(55)22(3)67-48/h8,20,22-23,25-43,45-50,53-64H,9-19H2,1-7H3/t20-,22+,23+,25+,26?,27?,28?,29?,30-,31-,32-,33?,34+,35+,36-,37-,38-,39+,40-,41-,42-,43+,45-,46-,47-,48+,49+,50-,51+,52+/m1/s1. The van der Waals surface area contributed by atoms with Gasteiger partial charge in [0, 0.05) is 13.0 Å². The third kappa shape index (κ3) is 10.2. The fourth-order valence-corrected chi connectivity index (χ4v) is 14.8. The molecule has 5 unspecified atom stereocenters. The Balaban J connectivity index is 0.865. The summed E-state index contributed by atoms with van der Waals surface area (Å²) in [5, 5.41) is 127. The number of aliphatic hydroxyl groups excluding tert-OH is 12. The van der Waals surface area contributed by atoms with Gasteiger partial charge in [0.1, 0.15) is 103 Å². The third-order valence-electron chi connectivity index (χ3n) is 19.1. The summed E-state index contributed by atoms with van der Waals surface area (Å²) in [7, 11) is 1.67. The van der Waals surface area contributed by atoms with Gasteiger partial charge < -0.3 is 109 Å². The number of methoxy groups -OCH3 is 1. The minimum absolute atomic E-state index is 0.00312. The van der Waals surface area contributed by atoms with Crippen LogP contribution in [0.5, 0.6) is 0 Å². The van der Waals surface area contributed by atoms with Gasteiger partial charge in [-0.25, -0.2) is 0 Å². The van der Waals surface area contributed by atoms with Crippen LogP contribution in [-0.2, 0) is 47.4 Å². The molecule has 0 spiro atoms. The molecule has 4 aliphatic carbocycles. The molecule has 5 heterocycles. The lowest BCUT2D eigenvalue weighted by Gasteiger charge is -2.58. The minimum atomic E-state index is -1.74. The van der Waals surface area contributed by atoms with Crippen LogP contribution in [0.25, 0.3) is 0 Å². The number of fused-ring (bicyclic) bond motifs is 7. The Bertz CT molecular complexity index is 1980. The van der Waals surface area contributed by atoms with E-state index in [-0.39, 0.29) is 41.5 Å². The first-order valence-corrected chi connectivity index (χ1v) is 26.9. The lowest BCUT2D eigenvalue weighted by atomic mass is 9.47. The fourth-order valence-electron chi connectivity index (χ4n) is 14.8. The highest BCUT2D eigenvalue weighted by atomic mass is 16.8. The molecule has 9 aliphatic rings. The Hall–Kier alpha value is -1.56. The maximum absolute atomic E-state index is 12.1. The summed E-state index contributed by atoms with van der Waals surface area (Å²) >= 11 is 0. The molecule has 0 aromatic carbocycles. The van der Waals surface area contributed by atoms with Crippen molar-refractivity contribution in [3.63, 3.8) is 0 Å². The quantitative estimate of drug-likeness (QED) is 0.0839. The number of hydrogen-bond acceptors (Lipinski definition) is 22. The average molecular weight is 1060 g/mol. The molecular formula is C52H84O22. The van der Waals surface area contributed by atoms with Crippen molar-refractivity contribution in [2.45, 2.75) is 234 Å². The van der Waals surface area contributed by atoms with Crippen molar-refractivity contribution >= 4 is 0 Å². The second-order valence-electron chi connectivity index (χ2n) is 23.6. The van der Waals surface area contributed by atoms with E-state index >= 15 is 0 Å². The summed E-state index contributed by atoms with van der Waals surface area (Å²) in [6.07, 6.45) is -20.7. The topological polar surface area (TPSA) is 335 Å². The summed E-state index contributed by atoms with van der Waals surface area (Å²) < 4.78 is 61.1. The molecule has 0 amide bonds. The number of allylic oxidation sites excluding steroid dienone is 1. The van der Waals surface area contributed by atoms with Crippen LogP contribution in [-0.4, -0.2) is 229 Å². The van der Waals surface area contributed by atoms with E-state index in [9.17, 15) is 61.3 Å². The van der Waals surface area contributed by atoms with E-state index in [4.69, 9.17) is 47.4 Å². The third-order valence-corrected chi connectivity index (χ3v) is 19.1. The minimum Gasteiger partial charge on any atom is -0.491 e. The molecule has 0 aromatic rings. The Morgan fingerprint density at radius 3 is 1.88 bits per heavy atom. The van der Waals surface area contributed by atoms with E-state index in [1.54, 1.807) is 7.11 Å². The summed E-state index contributed by atoms with van der Waals surface area (Å²) in [5.41, 5.74) is 2.37. The molecule has 0 radical (unpaired) electrons. The fraction of sp³-hybridized carbons (Fsp3) is 0.923. The molecule has 9 rings (SSSR count). The maximum atomic E-state index is 12.1. The van der Waals surface area contributed by atoms with Gasteiger partial charge in [0.2, 0.25) is 0 Å². The van der Waals surface area contributed by atoms with Gasteiger partial charge in [-0.05, 0) is 112 Å². The van der Waals surface area contributed by atoms with E-state index < -0.39 is 142 Å². The molecule has 22 heteroatoms. The van der Waals surface area contributed by atoms with Crippen LogP contribution < -0.4 is 0 Å². The van der Waals surface area contributed by atoms with Gasteiger partial charge in [-0.2, -0.15) is 0 Å². The molecule has 3 saturated carbocycles. The molecule has 74 heavy (non-hydrogen) atoms. The first kappa shape index (κ1) is 57.1. The number of hydrogen-bond donors (Lipinski definition) is 12. The monoisotopic (exact) mass is 1060 g/mol. The lowest BCUT2D eigenvalue weighted by Crippen LogP contribution is -2.66. The lowest BCUT2D eigenvalue weighted by molar-refractivity contribution is -0.388. The van der Waals surface area contributed by atoms with Gasteiger partial charge in [-0.3, -0.25) is 0 Å². The summed E-state index contributed by atoms with van der Waals surface area (Å²) in [4.78, 5) is 0. The van der Waals surface area contributed by atoms with E-state index in [0.29, 0.717) is 37.0 Å². The van der Waals surface area contributed by atoms with Crippen LogP contribution in [0, 0.1) is 40.4 Å². The number of rotatable bonds is 15. The van der Waals surface area contributed by atoms with Crippen molar-refractivity contribution in [1.82, 2.24) is 0 Å². The first-order valence-electron chi connectivity index (χ1n) is 26.9. The van der Waals surface area contributed by atoms with Crippen molar-refractivity contribution in [3.8, 4) is 0 Å². The highest BCUT2D eigenvalue weighted by Gasteiger charge is 2.64. The molecular weight excluding hydrogens is 977 g/mol. The van der Waals surface area contributed by atoms with Crippen molar-refractivity contribution in [2.75, 3.05) is 26.9 Å². The van der Waals surface area contributed by atoms with Crippen LogP contribution in [0.15, 0.2) is 23.0 Å². The number of aliphatic hydroxyl groups is 12. The smallest absolute Gasteiger partial charge is 0.187 e. The average Bonchev–Trinajstić information content (AvgIpc) is 3.88. The zero-order valence-corrected chi connectivity index (χ0v) is 43.5. The first-order chi connectivity index (χ1) is 35.1. The second-order valence-corrected chi connectivity index (χ2v) is 23.6. The molecule has 30 atom stereocenters. The molecule has 0 aromatic heterocycles. The number of ether oxygens (including phenoxy) is 10. The van der Waals surface area contributed by atoms with Crippen molar-refractivity contribution in [3.05, 3.63) is 23.0 Å². The molecule has 0 bridgehead atoms. The molecule has 7 fully saturated rings. The Labute approximate surface area is 432 Å². The predicted molar refractivity (Wildman–Crippen MR) is 254 cm³/mol. The molecule has 5 aliphatic heterocycles. The Morgan fingerprint density at radius 1 is 0.662 bits per heavy atom. The SMILES string of the molecule is CO[C@H](C[C@@H](C)CO[C@@H]1O[C@H](CO)[C@@H](O)[C@H](O)[C@H]1O)C1=C(C)C2C(CC3C4CC=C5C[C@@H](O[C@@H]6O[C@H](CO)[C@@H](O[C@@H]7O[C@@H](C)[C@H](O)[C@@H](O)[C@H]7O)[C@H](O)[C@H]6O[C@@H]6O[C@@H](C)[C@H](O)[C@@H](O)[C@H]6O)CC[C@]5(C)C4CC[C@@]32C)O1. The van der Waals surface area contributed by atoms with Gasteiger partial charge in [-0.15, -0.1) is 0 Å². The zero-order chi connectivity index (χ0) is 53.5. The van der Waals surface area contributed by atoms with Gasteiger partial charge in [0.05, 0.1) is 38.1 Å². The van der Waals surface area contributed by atoms with E-state index in [1.807, 2.05) is 6.92 Å². The summed E-state index contributed by atoms with van der Waals surface area (Å²) in [5.74, 6) is 2.26. The van der Waals surface area contributed by atoms with Crippen molar-refractivity contribution in [2.24, 2.45) is 40.4 Å². The van der Waals surface area contributed by atoms with Crippen molar-refractivity contribution < 1.29 is 109 Å². The molecule has 22 nitrogen and oxygen atoms in total. The van der Waals surface area contributed by atoms with Crippen LogP contribution in [0.4, 0.5) is 0 Å². The molecule has 12 N–H and O–H groups in total. The Kier molecular flexibility index (Phi) is 17.4. The summed E-state index contributed by atoms with van der Waals surface area (Å²) in [6.45, 7) is 10.9. The Morgan fingerprint density at radius 2 is 1.26 bits per heavy atom. The largest absolute Gasteiger partial charge is 0.491 e. The second kappa shape index (κ2) is 22.5. The maximum Gasteiger partial charge on any atom is 0.187 e.